The van der Waals surface area contributed by atoms with Crippen LogP contribution in [0.5, 0.6) is 0 Å². The van der Waals surface area contributed by atoms with Crippen LogP contribution in [0.15, 0.2) is 0 Å². The van der Waals surface area contributed by atoms with E-state index in [1.165, 1.54) is 0 Å². The quantitative estimate of drug-likeness (QED) is 0.630. The van der Waals surface area contributed by atoms with E-state index in [-0.39, 0.29) is 30.5 Å². The summed E-state index contributed by atoms with van der Waals surface area (Å²) in [6.07, 6.45) is 2.49. The summed E-state index contributed by atoms with van der Waals surface area (Å²) in [5.74, 6) is 0. The van der Waals surface area contributed by atoms with Crippen LogP contribution >= 0.6 is 0 Å². The van der Waals surface area contributed by atoms with E-state index in [0.29, 0.717) is 6.61 Å². The van der Waals surface area contributed by atoms with Gasteiger partial charge in [0.05, 0.1) is 25.4 Å². The summed E-state index contributed by atoms with van der Waals surface area (Å²) in [7, 11) is 0. The molecule has 0 aliphatic carbocycles. The van der Waals surface area contributed by atoms with Crippen LogP contribution in [0, 0.1) is 0 Å². The zero-order chi connectivity index (χ0) is 10.3. The van der Waals surface area contributed by atoms with E-state index in [2.05, 4.69) is 5.32 Å². The SMILES string of the molecule is NC1COC(NC2COC3CCOC23)C1. The van der Waals surface area contributed by atoms with E-state index in [1.807, 2.05) is 0 Å². The Balaban J connectivity index is 1.55. The Morgan fingerprint density at radius 1 is 1.13 bits per heavy atom. The number of nitrogens with two attached hydrogens (primary N) is 1. The molecule has 0 aromatic rings. The van der Waals surface area contributed by atoms with Crippen LogP contribution in [-0.4, -0.2) is 50.3 Å². The molecule has 3 aliphatic rings. The van der Waals surface area contributed by atoms with Crippen molar-refractivity contribution < 1.29 is 14.2 Å². The summed E-state index contributed by atoms with van der Waals surface area (Å²) in [5, 5.41) is 3.43. The van der Waals surface area contributed by atoms with Gasteiger partial charge in [-0.15, -0.1) is 0 Å². The van der Waals surface area contributed by atoms with E-state index in [9.17, 15) is 0 Å². The van der Waals surface area contributed by atoms with E-state index < -0.39 is 0 Å². The van der Waals surface area contributed by atoms with Gasteiger partial charge in [-0.25, -0.2) is 0 Å². The van der Waals surface area contributed by atoms with E-state index in [4.69, 9.17) is 19.9 Å². The lowest BCUT2D eigenvalue weighted by atomic mass is 10.1. The smallest absolute Gasteiger partial charge is 0.110 e. The van der Waals surface area contributed by atoms with Crippen molar-refractivity contribution in [3.63, 3.8) is 0 Å². The zero-order valence-electron chi connectivity index (χ0n) is 8.72. The molecule has 0 aromatic carbocycles. The van der Waals surface area contributed by atoms with Crippen molar-refractivity contribution >= 4 is 0 Å². The van der Waals surface area contributed by atoms with Crippen molar-refractivity contribution in [2.24, 2.45) is 5.73 Å². The lowest BCUT2D eigenvalue weighted by Gasteiger charge is -2.21. The first-order valence-corrected chi connectivity index (χ1v) is 5.69. The Morgan fingerprint density at radius 2 is 2.07 bits per heavy atom. The van der Waals surface area contributed by atoms with Crippen molar-refractivity contribution in [2.75, 3.05) is 19.8 Å². The maximum Gasteiger partial charge on any atom is 0.110 e. The second-order valence-corrected chi connectivity index (χ2v) is 4.59. The number of nitrogens with one attached hydrogen (secondary N) is 1. The van der Waals surface area contributed by atoms with Gasteiger partial charge in [0.2, 0.25) is 0 Å². The molecule has 3 heterocycles. The van der Waals surface area contributed by atoms with Gasteiger partial charge in [-0.05, 0) is 6.42 Å². The third kappa shape index (κ3) is 1.90. The normalized spacial score (nSPS) is 49.8. The Bertz CT molecular complexity index is 239. The first-order chi connectivity index (χ1) is 7.33. The average Bonchev–Trinajstić information content (AvgIpc) is 2.85. The number of rotatable bonds is 2. The molecule has 3 N–H and O–H groups in total. The van der Waals surface area contributed by atoms with Crippen molar-refractivity contribution in [3.05, 3.63) is 0 Å². The van der Waals surface area contributed by atoms with Gasteiger partial charge in [-0.2, -0.15) is 0 Å². The van der Waals surface area contributed by atoms with Crippen LogP contribution in [-0.2, 0) is 14.2 Å². The minimum Gasteiger partial charge on any atom is -0.374 e. The molecule has 5 heteroatoms. The molecule has 5 unspecified atom stereocenters. The first-order valence-electron chi connectivity index (χ1n) is 5.69. The Labute approximate surface area is 89.2 Å². The molecule has 15 heavy (non-hydrogen) atoms. The van der Waals surface area contributed by atoms with Crippen LogP contribution in [0.4, 0.5) is 0 Å². The summed E-state index contributed by atoms with van der Waals surface area (Å²) < 4.78 is 16.8. The summed E-state index contributed by atoms with van der Waals surface area (Å²) in [6, 6.07) is 0.443. The average molecular weight is 214 g/mol. The number of ether oxygens (including phenoxy) is 3. The lowest BCUT2D eigenvalue weighted by molar-refractivity contribution is 0.0374. The molecule has 3 saturated heterocycles. The number of hydrogen-bond donors (Lipinski definition) is 2. The number of fused-ring (bicyclic) bond motifs is 1. The van der Waals surface area contributed by atoms with Crippen LogP contribution in [0.2, 0.25) is 0 Å². The maximum atomic E-state index is 5.78. The monoisotopic (exact) mass is 214 g/mol. The third-order valence-electron chi connectivity index (χ3n) is 3.39. The molecule has 0 aromatic heterocycles. The van der Waals surface area contributed by atoms with Crippen molar-refractivity contribution in [2.45, 2.75) is 43.4 Å². The van der Waals surface area contributed by atoms with Crippen LogP contribution in [0.3, 0.4) is 0 Å². The van der Waals surface area contributed by atoms with Crippen molar-refractivity contribution in [1.29, 1.82) is 0 Å². The van der Waals surface area contributed by atoms with Gasteiger partial charge in [-0.3, -0.25) is 5.32 Å². The highest BCUT2D eigenvalue weighted by atomic mass is 16.6. The molecule has 0 bridgehead atoms. The van der Waals surface area contributed by atoms with Gasteiger partial charge in [0, 0.05) is 19.1 Å². The molecule has 0 spiro atoms. The highest BCUT2D eigenvalue weighted by molar-refractivity contribution is 4.94. The van der Waals surface area contributed by atoms with Gasteiger partial charge in [-0.1, -0.05) is 0 Å². The topological polar surface area (TPSA) is 65.7 Å². The molecule has 5 atom stereocenters. The van der Waals surface area contributed by atoms with Crippen molar-refractivity contribution in [3.8, 4) is 0 Å². The first kappa shape index (κ1) is 9.99. The molecular weight excluding hydrogens is 196 g/mol. The van der Waals surface area contributed by atoms with Gasteiger partial charge in [0.1, 0.15) is 12.3 Å². The van der Waals surface area contributed by atoms with E-state index in [0.717, 1.165) is 26.1 Å². The second kappa shape index (κ2) is 3.99. The Hall–Kier alpha value is -0.200. The number of hydrogen-bond acceptors (Lipinski definition) is 5. The van der Waals surface area contributed by atoms with Gasteiger partial charge in [0.15, 0.2) is 0 Å². The van der Waals surface area contributed by atoms with Gasteiger partial charge < -0.3 is 19.9 Å². The molecular formula is C10H18N2O3. The van der Waals surface area contributed by atoms with Gasteiger partial charge >= 0.3 is 0 Å². The molecule has 86 valence electrons. The molecule has 3 rings (SSSR count). The summed E-state index contributed by atoms with van der Waals surface area (Å²) in [5.41, 5.74) is 5.78. The molecule has 0 amide bonds. The third-order valence-corrected chi connectivity index (χ3v) is 3.39. The predicted octanol–water partition coefficient (Wildman–Crippen LogP) is -0.794. The summed E-state index contributed by atoms with van der Waals surface area (Å²) >= 11 is 0. The lowest BCUT2D eigenvalue weighted by Crippen LogP contribution is -2.46. The molecule has 0 radical (unpaired) electrons. The molecule has 3 aliphatic heterocycles. The fraction of sp³-hybridized carbons (Fsp3) is 1.00. The Morgan fingerprint density at radius 3 is 2.87 bits per heavy atom. The highest BCUT2D eigenvalue weighted by Gasteiger charge is 2.43. The molecule has 0 saturated carbocycles. The Kier molecular flexibility index (Phi) is 2.66. The minimum atomic E-state index is 0.0801. The minimum absolute atomic E-state index is 0.0801. The van der Waals surface area contributed by atoms with E-state index >= 15 is 0 Å². The largest absolute Gasteiger partial charge is 0.374 e. The van der Waals surface area contributed by atoms with Crippen LogP contribution in [0.25, 0.3) is 0 Å². The summed E-state index contributed by atoms with van der Waals surface area (Å²) in [4.78, 5) is 0. The second-order valence-electron chi connectivity index (χ2n) is 4.59. The van der Waals surface area contributed by atoms with Crippen LogP contribution in [0.1, 0.15) is 12.8 Å². The standard InChI is InChI=1S/C10H18N2O3/c11-6-3-9(15-4-6)12-7-5-14-8-1-2-13-10(7)8/h6-10,12H,1-5,11H2. The van der Waals surface area contributed by atoms with E-state index in [1.54, 1.807) is 0 Å². The summed E-state index contributed by atoms with van der Waals surface area (Å²) in [6.45, 7) is 2.20. The zero-order valence-corrected chi connectivity index (χ0v) is 8.72. The highest BCUT2D eigenvalue weighted by Crippen LogP contribution is 2.27. The fourth-order valence-corrected chi connectivity index (χ4v) is 2.62. The van der Waals surface area contributed by atoms with Gasteiger partial charge in [0.25, 0.3) is 0 Å². The van der Waals surface area contributed by atoms with Crippen molar-refractivity contribution in [1.82, 2.24) is 5.32 Å². The maximum absolute atomic E-state index is 5.78. The fourth-order valence-electron chi connectivity index (χ4n) is 2.62. The molecule has 3 fully saturated rings. The van der Waals surface area contributed by atoms with Crippen LogP contribution < -0.4 is 11.1 Å². The molecule has 5 nitrogen and oxygen atoms in total. The predicted molar refractivity (Wildman–Crippen MR) is 53.4 cm³/mol.